The van der Waals surface area contributed by atoms with Crippen LogP contribution in [0.4, 0.5) is 4.79 Å². The van der Waals surface area contributed by atoms with E-state index in [1.165, 1.54) is 4.90 Å². The van der Waals surface area contributed by atoms with E-state index >= 15 is 0 Å². The minimum Gasteiger partial charge on any atom is -0.444 e. The van der Waals surface area contributed by atoms with Crippen molar-refractivity contribution in [1.29, 1.82) is 0 Å². The maximum absolute atomic E-state index is 13.2. The first-order valence-corrected chi connectivity index (χ1v) is 10.6. The number of rotatable bonds is 5. The fourth-order valence-electron chi connectivity index (χ4n) is 4.05. The maximum atomic E-state index is 13.2. The van der Waals surface area contributed by atoms with Crippen LogP contribution in [0.1, 0.15) is 52.0 Å². The molecule has 1 N–H and O–H groups in total. The topological polar surface area (TPSA) is 92.8 Å². The summed E-state index contributed by atoms with van der Waals surface area (Å²) in [6.45, 7) is 5.66. The molecule has 0 aromatic heterocycles. The summed E-state index contributed by atoms with van der Waals surface area (Å²) in [7, 11) is 0. The number of likely N-dealkylation sites (tertiary alicyclic amines) is 1. The van der Waals surface area contributed by atoms with Crippen molar-refractivity contribution >= 4 is 23.6 Å². The van der Waals surface area contributed by atoms with Gasteiger partial charge in [-0.2, -0.15) is 0 Å². The Kier molecular flexibility index (Phi) is 6.58. The number of nitrogens with zero attached hydrogens (tertiary/aromatic N) is 1. The van der Waals surface area contributed by atoms with Crippen molar-refractivity contribution in [2.75, 3.05) is 6.54 Å². The number of hydrogen-bond acceptors (Lipinski definition) is 5. The Labute approximate surface area is 177 Å². The second kappa shape index (κ2) is 8.98. The SMILES string of the molecule is CC(C)(C)OC(=O)N1CCCCC1C(=O)C1C(=O)NC(CCc2ccccc2)C1=O. The zero-order chi connectivity index (χ0) is 21.9. The first-order valence-electron chi connectivity index (χ1n) is 10.6. The largest absolute Gasteiger partial charge is 0.444 e. The molecule has 3 unspecified atom stereocenters. The van der Waals surface area contributed by atoms with Crippen LogP contribution in [0.2, 0.25) is 0 Å². The van der Waals surface area contributed by atoms with E-state index in [2.05, 4.69) is 5.32 Å². The number of piperidine rings is 1. The monoisotopic (exact) mass is 414 g/mol. The number of hydrogen-bond donors (Lipinski definition) is 1. The summed E-state index contributed by atoms with van der Waals surface area (Å²) in [5.74, 6) is -2.79. The average Bonchev–Trinajstić information content (AvgIpc) is 2.98. The van der Waals surface area contributed by atoms with Gasteiger partial charge in [-0.3, -0.25) is 19.3 Å². The fraction of sp³-hybridized carbons (Fsp3) is 0.565. The highest BCUT2D eigenvalue weighted by Crippen LogP contribution is 2.26. The highest BCUT2D eigenvalue weighted by atomic mass is 16.6. The molecule has 7 nitrogen and oxygen atoms in total. The molecule has 7 heteroatoms. The molecule has 162 valence electrons. The number of aryl methyl sites for hydroxylation is 1. The Balaban J connectivity index is 1.68. The standard InChI is InChI=1S/C23H30N2O5/c1-23(2,3)30-22(29)25-14-8-7-11-17(25)20(27)18-19(26)16(24-21(18)28)13-12-15-9-5-4-6-10-15/h4-6,9-10,16-18H,7-8,11-14H2,1-3H3,(H,24,28). The van der Waals surface area contributed by atoms with Crippen molar-refractivity contribution in [3.05, 3.63) is 35.9 Å². The summed E-state index contributed by atoms with van der Waals surface area (Å²) >= 11 is 0. The van der Waals surface area contributed by atoms with Gasteiger partial charge in [0, 0.05) is 6.54 Å². The van der Waals surface area contributed by atoms with Crippen molar-refractivity contribution in [2.45, 2.75) is 70.6 Å². The van der Waals surface area contributed by atoms with Crippen LogP contribution in [0, 0.1) is 5.92 Å². The lowest BCUT2D eigenvalue weighted by Gasteiger charge is -2.36. The molecule has 0 radical (unpaired) electrons. The fourth-order valence-corrected chi connectivity index (χ4v) is 4.05. The molecule has 3 atom stereocenters. The molecule has 0 aliphatic carbocycles. The van der Waals surface area contributed by atoms with E-state index in [1.54, 1.807) is 20.8 Å². The van der Waals surface area contributed by atoms with Gasteiger partial charge in [-0.05, 0) is 58.4 Å². The summed E-state index contributed by atoms with van der Waals surface area (Å²) in [6.07, 6.45) is 2.45. The Bertz CT molecular complexity index is 815. The van der Waals surface area contributed by atoms with E-state index in [-0.39, 0.29) is 0 Å². The number of amides is 2. The molecule has 1 aromatic rings. The zero-order valence-electron chi connectivity index (χ0n) is 17.8. The van der Waals surface area contributed by atoms with Crippen LogP contribution in [-0.2, 0) is 25.5 Å². The van der Waals surface area contributed by atoms with Crippen molar-refractivity contribution < 1.29 is 23.9 Å². The molecule has 0 spiro atoms. The van der Waals surface area contributed by atoms with Crippen LogP contribution >= 0.6 is 0 Å². The van der Waals surface area contributed by atoms with Crippen LogP contribution in [0.25, 0.3) is 0 Å². The molecule has 2 aliphatic heterocycles. The average molecular weight is 415 g/mol. The number of Topliss-reactive ketones (excluding diaryl/α,β-unsaturated/α-hetero) is 2. The Morgan fingerprint density at radius 3 is 2.50 bits per heavy atom. The number of ketones is 2. The zero-order valence-corrected chi connectivity index (χ0v) is 17.8. The second-order valence-corrected chi connectivity index (χ2v) is 9.01. The minimum atomic E-state index is -1.35. The summed E-state index contributed by atoms with van der Waals surface area (Å²) in [5.41, 5.74) is 0.378. The van der Waals surface area contributed by atoms with Gasteiger partial charge in [0.15, 0.2) is 17.5 Å². The van der Waals surface area contributed by atoms with Gasteiger partial charge in [-0.1, -0.05) is 30.3 Å². The lowest BCUT2D eigenvalue weighted by atomic mass is 9.87. The van der Waals surface area contributed by atoms with Gasteiger partial charge in [0.2, 0.25) is 5.91 Å². The van der Waals surface area contributed by atoms with Crippen LogP contribution in [0.3, 0.4) is 0 Å². The van der Waals surface area contributed by atoms with E-state index in [0.717, 1.165) is 18.4 Å². The van der Waals surface area contributed by atoms with Gasteiger partial charge in [0.25, 0.3) is 0 Å². The number of ether oxygens (including phenoxy) is 1. The Morgan fingerprint density at radius 2 is 1.83 bits per heavy atom. The van der Waals surface area contributed by atoms with Gasteiger partial charge in [0.1, 0.15) is 5.60 Å². The van der Waals surface area contributed by atoms with E-state index in [1.807, 2.05) is 30.3 Å². The smallest absolute Gasteiger partial charge is 0.410 e. The van der Waals surface area contributed by atoms with E-state index in [9.17, 15) is 19.2 Å². The Morgan fingerprint density at radius 1 is 1.13 bits per heavy atom. The summed E-state index contributed by atoms with van der Waals surface area (Å²) in [6, 6.07) is 8.21. The molecule has 2 heterocycles. The second-order valence-electron chi connectivity index (χ2n) is 9.01. The molecular formula is C23H30N2O5. The first kappa shape index (κ1) is 22.0. The molecule has 0 saturated carbocycles. The van der Waals surface area contributed by atoms with Gasteiger partial charge < -0.3 is 10.1 Å². The van der Waals surface area contributed by atoms with Crippen LogP contribution in [0.15, 0.2) is 30.3 Å². The van der Waals surface area contributed by atoms with Gasteiger partial charge in [0.05, 0.1) is 12.1 Å². The molecule has 2 fully saturated rings. The molecule has 0 bridgehead atoms. The third-order valence-electron chi connectivity index (χ3n) is 5.51. The number of carbonyl (C=O) groups is 4. The van der Waals surface area contributed by atoms with Crippen LogP contribution in [-0.4, -0.2) is 52.7 Å². The summed E-state index contributed by atoms with van der Waals surface area (Å²) in [4.78, 5) is 52.6. The van der Waals surface area contributed by atoms with Gasteiger partial charge in [-0.25, -0.2) is 4.79 Å². The van der Waals surface area contributed by atoms with Crippen LogP contribution < -0.4 is 5.32 Å². The minimum absolute atomic E-state index is 0.380. The van der Waals surface area contributed by atoms with Crippen LogP contribution in [0.5, 0.6) is 0 Å². The third-order valence-corrected chi connectivity index (χ3v) is 5.51. The Hall–Kier alpha value is -2.70. The molecule has 2 saturated heterocycles. The van der Waals surface area contributed by atoms with E-state index < -0.39 is 47.2 Å². The summed E-state index contributed by atoms with van der Waals surface area (Å²) in [5, 5.41) is 2.68. The van der Waals surface area contributed by atoms with Gasteiger partial charge >= 0.3 is 6.09 Å². The molecule has 2 amide bonds. The molecular weight excluding hydrogens is 384 g/mol. The maximum Gasteiger partial charge on any atom is 0.410 e. The highest BCUT2D eigenvalue weighted by Gasteiger charge is 2.49. The first-order chi connectivity index (χ1) is 14.2. The normalized spacial score (nSPS) is 24.5. The highest BCUT2D eigenvalue weighted by molar-refractivity contribution is 6.25. The predicted molar refractivity (Wildman–Crippen MR) is 111 cm³/mol. The lowest BCUT2D eigenvalue weighted by Crippen LogP contribution is -2.52. The molecule has 1 aromatic carbocycles. The van der Waals surface area contributed by atoms with Gasteiger partial charge in [-0.15, -0.1) is 0 Å². The number of benzene rings is 1. The quantitative estimate of drug-likeness (QED) is 0.748. The van der Waals surface area contributed by atoms with Crippen molar-refractivity contribution in [3.63, 3.8) is 0 Å². The third kappa shape index (κ3) is 5.07. The summed E-state index contributed by atoms with van der Waals surface area (Å²) < 4.78 is 5.43. The van der Waals surface area contributed by atoms with E-state index in [0.29, 0.717) is 25.8 Å². The predicted octanol–water partition coefficient (Wildman–Crippen LogP) is 2.66. The van der Waals surface area contributed by atoms with E-state index in [4.69, 9.17) is 4.74 Å². The van der Waals surface area contributed by atoms with Crippen molar-refractivity contribution in [3.8, 4) is 0 Å². The number of nitrogens with one attached hydrogen (secondary N) is 1. The van der Waals surface area contributed by atoms with Crippen molar-refractivity contribution in [2.24, 2.45) is 5.92 Å². The van der Waals surface area contributed by atoms with Crippen molar-refractivity contribution in [1.82, 2.24) is 10.2 Å². The molecule has 30 heavy (non-hydrogen) atoms. The number of carbonyl (C=O) groups excluding carboxylic acids is 4. The molecule has 3 rings (SSSR count). The lowest BCUT2D eigenvalue weighted by molar-refractivity contribution is -0.140. The molecule has 2 aliphatic rings.